The topological polar surface area (TPSA) is 39.9 Å². The Morgan fingerprint density at radius 1 is 1.08 bits per heavy atom. The Bertz CT molecular complexity index is 705. The number of hydrogen-bond acceptors (Lipinski definition) is 4. The molecule has 1 aromatic carbocycles. The van der Waals surface area contributed by atoms with E-state index in [-0.39, 0.29) is 0 Å². The summed E-state index contributed by atoms with van der Waals surface area (Å²) in [6, 6.07) is 8.22. The number of likely N-dealkylation sites (tertiary alicyclic amines) is 2. The highest BCUT2D eigenvalue weighted by molar-refractivity contribution is 5.81. The fraction of sp³-hybridized carbons (Fsp3) is 0.600. The molecule has 2 aliphatic rings. The van der Waals surface area contributed by atoms with Crippen LogP contribution in [-0.4, -0.2) is 53.2 Å². The molecule has 130 valence electrons. The van der Waals surface area contributed by atoms with Crippen LogP contribution >= 0.6 is 0 Å². The lowest BCUT2D eigenvalue weighted by atomic mass is 10.0. The first-order chi connectivity index (χ1) is 11.6. The Labute approximate surface area is 144 Å². The lowest BCUT2D eigenvalue weighted by Crippen LogP contribution is -2.46. The predicted molar refractivity (Wildman–Crippen MR) is 96.1 cm³/mol. The summed E-state index contributed by atoms with van der Waals surface area (Å²) < 4.78 is 6.05. The molecule has 1 atom stereocenters. The van der Waals surface area contributed by atoms with E-state index in [2.05, 4.69) is 28.9 Å². The number of aryl methyl sites for hydroxylation is 1. The maximum Gasteiger partial charge on any atom is 0.134 e. The van der Waals surface area contributed by atoms with E-state index in [0.29, 0.717) is 0 Å². The van der Waals surface area contributed by atoms with Gasteiger partial charge < -0.3 is 14.4 Å². The van der Waals surface area contributed by atoms with Crippen LogP contribution in [0.5, 0.6) is 0 Å². The third-order valence-corrected chi connectivity index (χ3v) is 5.69. The van der Waals surface area contributed by atoms with E-state index < -0.39 is 5.60 Å². The van der Waals surface area contributed by atoms with Crippen molar-refractivity contribution in [1.29, 1.82) is 0 Å². The second-order valence-corrected chi connectivity index (χ2v) is 7.67. The standard InChI is InChI=1S/C20H28N2O2/c1-16-17-7-3-4-8-18(17)24-19(16)13-22-12-9-20(23,15-22)14-21-10-5-2-6-11-21/h3-4,7-8,23H,2,5-6,9-15H2,1H3/t20-/m1/s1. The maximum atomic E-state index is 11.0. The SMILES string of the molecule is Cc1c(CN2CC[C@@](O)(CN3CCCCC3)C2)oc2ccccc12. The summed E-state index contributed by atoms with van der Waals surface area (Å²) >= 11 is 0. The molecule has 0 saturated carbocycles. The van der Waals surface area contributed by atoms with Gasteiger partial charge in [0.25, 0.3) is 0 Å². The van der Waals surface area contributed by atoms with Crippen molar-refractivity contribution in [3.63, 3.8) is 0 Å². The monoisotopic (exact) mass is 328 g/mol. The molecule has 0 radical (unpaired) electrons. The van der Waals surface area contributed by atoms with Crippen molar-refractivity contribution >= 4 is 11.0 Å². The summed E-state index contributed by atoms with van der Waals surface area (Å²) in [7, 11) is 0. The molecule has 2 fully saturated rings. The molecule has 0 unspecified atom stereocenters. The van der Waals surface area contributed by atoms with Gasteiger partial charge >= 0.3 is 0 Å². The largest absolute Gasteiger partial charge is 0.459 e. The minimum atomic E-state index is -0.558. The molecule has 0 aliphatic carbocycles. The van der Waals surface area contributed by atoms with Gasteiger partial charge in [-0.2, -0.15) is 0 Å². The zero-order chi connectivity index (χ0) is 16.6. The predicted octanol–water partition coefficient (Wildman–Crippen LogP) is 3.16. The number of piperidine rings is 1. The third-order valence-electron chi connectivity index (χ3n) is 5.69. The molecule has 1 N–H and O–H groups in total. The Kier molecular flexibility index (Phi) is 4.37. The van der Waals surface area contributed by atoms with E-state index in [1.807, 2.05) is 12.1 Å². The number of para-hydroxylation sites is 1. The van der Waals surface area contributed by atoms with Crippen molar-refractivity contribution < 1.29 is 9.52 Å². The number of rotatable bonds is 4. The number of aliphatic hydroxyl groups is 1. The lowest BCUT2D eigenvalue weighted by molar-refractivity contribution is 0.00597. The number of fused-ring (bicyclic) bond motifs is 1. The molecule has 24 heavy (non-hydrogen) atoms. The highest BCUT2D eigenvalue weighted by Gasteiger charge is 2.38. The molecular weight excluding hydrogens is 300 g/mol. The van der Waals surface area contributed by atoms with Gasteiger partial charge in [-0.15, -0.1) is 0 Å². The van der Waals surface area contributed by atoms with Crippen molar-refractivity contribution in [1.82, 2.24) is 9.80 Å². The first-order valence-corrected chi connectivity index (χ1v) is 9.27. The van der Waals surface area contributed by atoms with Crippen molar-refractivity contribution in [2.45, 2.75) is 44.8 Å². The zero-order valence-corrected chi connectivity index (χ0v) is 14.6. The minimum absolute atomic E-state index is 0.558. The van der Waals surface area contributed by atoms with Gasteiger partial charge in [-0.3, -0.25) is 4.90 Å². The van der Waals surface area contributed by atoms with Crippen LogP contribution in [-0.2, 0) is 6.54 Å². The number of β-amino-alcohol motifs (C(OH)–C–C–N with tert-alkyl or cyclic N) is 1. The fourth-order valence-corrected chi connectivity index (χ4v) is 4.32. The first kappa shape index (κ1) is 16.1. The zero-order valence-electron chi connectivity index (χ0n) is 14.6. The van der Waals surface area contributed by atoms with Crippen molar-refractivity contribution in [3.05, 3.63) is 35.6 Å². The molecule has 2 aromatic rings. The Hall–Kier alpha value is -1.36. The van der Waals surface area contributed by atoms with E-state index in [4.69, 9.17) is 4.42 Å². The summed E-state index contributed by atoms with van der Waals surface area (Å²) in [5.74, 6) is 1.04. The third kappa shape index (κ3) is 3.23. The van der Waals surface area contributed by atoms with Crippen LogP contribution in [0, 0.1) is 6.92 Å². The van der Waals surface area contributed by atoms with Gasteiger partial charge in [-0.1, -0.05) is 24.6 Å². The average molecular weight is 328 g/mol. The highest BCUT2D eigenvalue weighted by Crippen LogP contribution is 2.29. The van der Waals surface area contributed by atoms with Crippen LogP contribution in [0.2, 0.25) is 0 Å². The summed E-state index contributed by atoms with van der Waals surface area (Å²) in [5.41, 5.74) is 1.64. The van der Waals surface area contributed by atoms with Crippen LogP contribution in [0.15, 0.2) is 28.7 Å². The average Bonchev–Trinajstić information content (AvgIpc) is 3.10. The van der Waals surface area contributed by atoms with E-state index in [0.717, 1.165) is 57.0 Å². The van der Waals surface area contributed by atoms with E-state index in [9.17, 15) is 5.11 Å². The molecular formula is C20H28N2O2. The summed E-state index contributed by atoms with van der Waals surface area (Å²) in [6.07, 6.45) is 4.76. The minimum Gasteiger partial charge on any atom is -0.459 e. The molecule has 0 amide bonds. The van der Waals surface area contributed by atoms with Gasteiger partial charge in [0.1, 0.15) is 11.3 Å². The first-order valence-electron chi connectivity index (χ1n) is 9.27. The van der Waals surface area contributed by atoms with Gasteiger partial charge in [0.2, 0.25) is 0 Å². The smallest absolute Gasteiger partial charge is 0.134 e. The number of hydrogen-bond donors (Lipinski definition) is 1. The fourth-order valence-electron chi connectivity index (χ4n) is 4.32. The molecule has 1 aromatic heterocycles. The van der Waals surface area contributed by atoms with Crippen molar-refractivity contribution in [3.8, 4) is 0 Å². The summed E-state index contributed by atoms with van der Waals surface area (Å²) in [6.45, 7) is 7.74. The van der Waals surface area contributed by atoms with Gasteiger partial charge in [0.05, 0.1) is 12.1 Å². The highest BCUT2D eigenvalue weighted by atomic mass is 16.3. The van der Waals surface area contributed by atoms with Crippen LogP contribution in [0.3, 0.4) is 0 Å². The number of nitrogens with zero attached hydrogens (tertiary/aromatic N) is 2. The van der Waals surface area contributed by atoms with E-state index >= 15 is 0 Å². The Balaban J connectivity index is 1.41. The summed E-state index contributed by atoms with van der Waals surface area (Å²) in [4.78, 5) is 4.79. The van der Waals surface area contributed by atoms with Crippen molar-refractivity contribution in [2.75, 3.05) is 32.7 Å². The number of furan rings is 1. The van der Waals surface area contributed by atoms with Gasteiger partial charge in [-0.05, 0) is 50.9 Å². The second-order valence-electron chi connectivity index (χ2n) is 7.67. The van der Waals surface area contributed by atoms with Gasteiger partial charge in [0, 0.05) is 25.0 Å². The Morgan fingerprint density at radius 3 is 2.67 bits per heavy atom. The molecule has 0 spiro atoms. The molecule has 0 bridgehead atoms. The molecule has 2 saturated heterocycles. The Morgan fingerprint density at radius 2 is 1.88 bits per heavy atom. The van der Waals surface area contributed by atoms with Crippen LogP contribution < -0.4 is 0 Å². The molecule has 3 heterocycles. The van der Waals surface area contributed by atoms with Crippen molar-refractivity contribution in [2.24, 2.45) is 0 Å². The van der Waals surface area contributed by atoms with Crippen LogP contribution in [0.25, 0.3) is 11.0 Å². The van der Waals surface area contributed by atoms with Crippen LogP contribution in [0.1, 0.15) is 37.0 Å². The lowest BCUT2D eigenvalue weighted by Gasteiger charge is -2.33. The second kappa shape index (κ2) is 6.51. The normalized spacial score (nSPS) is 26.4. The summed E-state index contributed by atoms with van der Waals surface area (Å²) in [5, 5.41) is 12.2. The van der Waals surface area contributed by atoms with Gasteiger partial charge in [0.15, 0.2) is 0 Å². The van der Waals surface area contributed by atoms with Crippen LogP contribution in [0.4, 0.5) is 0 Å². The maximum absolute atomic E-state index is 11.0. The molecule has 2 aliphatic heterocycles. The quantitative estimate of drug-likeness (QED) is 0.936. The van der Waals surface area contributed by atoms with E-state index in [1.165, 1.54) is 30.2 Å². The molecule has 4 nitrogen and oxygen atoms in total. The molecule has 4 rings (SSSR count). The number of benzene rings is 1. The van der Waals surface area contributed by atoms with Gasteiger partial charge in [-0.25, -0.2) is 0 Å². The molecule has 4 heteroatoms. The van der Waals surface area contributed by atoms with E-state index in [1.54, 1.807) is 0 Å².